The van der Waals surface area contributed by atoms with Crippen LogP contribution < -0.4 is 9.62 Å². The number of aryl methyl sites for hydroxylation is 1. The summed E-state index contributed by atoms with van der Waals surface area (Å²) in [5.41, 5.74) is 2.08. The predicted octanol–water partition coefficient (Wildman–Crippen LogP) is 1.91. The first-order valence-electron chi connectivity index (χ1n) is 7.50. The van der Waals surface area contributed by atoms with E-state index >= 15 is 0 Å². The van der Waals surface area contributed by atoms with Crippen LogP contribution in [0.5, 0.6) is 0 Å². The number of hydrogen-bond donors (Lipinski definition) is 1. The van der Waals surface area contributed by atoms with Gasteiger partial charge in [-0.05, 0) is 56.8 Å². The molecule has 0 unspecified atom stereocenters. The second-order valence-corrected chi connectivity index (χ2v) is 7.79. The molecule has 1 aromatic rings. The molecule has 110 valence electrons. The summed E-state index contributed by atoms with van der Waals surface area (Å²) in [6.45, 7) is 2.24. The van der Waals surface area contributed by atoms with Gasteiger partial charge in [0.15, 0.2) is 0 Å². The molecule has 0 amide bonds. The maximum atomic E-state index is 13.0. The van der Waals surface area contributed by atoms with E-state index in [9.17, 15) is 8.42 Å². The molecule has 0 saturated carbocycles. The molecule has 2 aliphatic heterocycles. The Hall–Kier alpha value is -1.07. The number of nitrogens with one attached hydrogen (secondary N) is 1. The Morgan fingerprint density at radius 1 is 1.10 bits per heavy atom. The first kappa shape index (κ1) is 13.9. The van der Waals surface area contributed by atoms with Crippen molar-refractivity contribution in [3.8, 4) is 0 Å². The van der Waals surface area contributed by atoms with Crippen molar-refractivity contribution < 1.29 is 8.42 Å². The molecule has 3 rings (SSSR count). The molecule has 1 aromatic carbocycles. The predicted molar refractivity (Wildman–Crippen MR) is 81.5 cm³/mol. The van der Waals surface area contributed by atoms with E-state index in [4.69, 9.17) is 0 Å². The van der Waals surface area contributed by atoms with Gasteiger partial charge >= 0.3 is 0 Å². The van der Waals surface area contributed by atoms with Crippen LogP contribution in [0.2, 0.25) is 0 Å². The molecule has 0 aromatic heterocycles. The molecule has 0 atom stereocenters. The molecule has 4 nitrogen and oxygen atoms in total. The van der Waals surface area contributed by atoms with Gasteiger partial charge in [0, 0.05) is 6.54 Å². The van der Waals surface area contributed by atoms with Crippen LogP contribution in [0, 0.1) is 0 Å². The number of piperidine rings is 1. The summed E-state index contributed by atoms with van der Waals surface area (Å²) in [6.07, 6.45) is 4.44. The largest absolute Gasteiger partial charge is 0.317 e. The SMILES string of the molecule is O=S(=O)(C1CCNCC1)N1CCCCc2ccccc21. The van der Waals surface area contributed by atoms with Gasteiger partial charge in [0.25, 0.3) is 0 Å². The smallest absolute Gasteiger partial charge is 0.238 e. The van der Waals surface area contributed by atoms with Gasteiger partial charge < -0.3 is 5.32 Å². The van der Waals surface area contributed by atoms with Crippen LogP contribution in [0.25, 0.3) is 0 Å². The third kappa shape index (κ3) is 2.56. The van der Waals surface area contributed by atoms with Gasteiger partial charge in [0.2, 0.25) is 10.0 Å². The molecule has 0 bridgehead atoms. The lowest BCUT2D eigenvalue weighted by Gasteiger charge is -2.31. The summed E-state index contributed by atoms with van der Waals surface area (Å²) in [4.78, 5) is 0. The standard InChI is InChI=1S/C15H22N2O2S/c18-20(19,14-8-10-16-11-9-14)17-12-4-3-6-13-5-1-2-7-15(13)17/h1-2,5,7,14,16H,3-4,6,8-12H2. The first-order chi connectivity index (χ1) is 9.69. The van der Waals surface area contributed by atoms with Crippen LogP contribution in [0.1, 0.15) is 31.2 Å². The molecule has 0 spiro atoms. The first-order valence-corrected chi connectivity index (χ1v) is 9.00. The van der Waals surface area contributed by atoms with Crippen LogP contribution in [-0.2, 0) is 16.4 Å². The van der Waals surface area contributed by atoms with Crippen molar-refractivity contribution in [1.29, 1.82) is 0 Å². The fourth-order valence-electron chi connectivity index (χ4n) is 3.19. The van der Waals surface area contributed by atoms with Gasteiger partial charge in [0.1, 0.15) is 0 Å². The molecular weight excluding hydrogens is 272 g/mol. The Morgan fingerprint density at radius 3 is 2.65 bits per heavy atom. The van der Waals surface area contributed by atoms with Crippen LogP contribution in [-0.4, -0.2) is 33.3 Å². The van der Waals surface area contributed by atoms with Crippen molar-refractivity contribution >= 4 is 15.7 Å². The Kier molecular flexibility index (Phi) is 3.98. The monoisotopic (exact) mass is 294 g/mol. The van der Waals surface area contributed by atoms with Gasteiger partial charge in [-0.2, -0.15) is 0 Å². The van der Waals surface area contributed by atoms with E-state index in [0.29, 0.717) is 6.54 Å². The minimum Gasteiger partial charge on any atom is -0.317 e. The quantitative estimate of drug-likeness (QED) is 0.906. The molecule has 20 heavy (non-hydrogen) atoms. The molecule has 2 heterocycles. The molecule has 0 radical (unpaired) electrons. The van der Waals surface area contributed by atoms with Crippen molar-refractivity contribution in [2.45, 2.75) is 37.4 Å². The molecule has 0 aliphatic carbocycles. The fraction of sp³-hybridized carbons (Fsp3) is 0.600. The fourth-order valence-corrected chi connectivity index (χ4v) is 5.22. The van der Waals surface area contributed by atoms with E-state index < -0.39 is 10.0 Å². The average Bonchev–Trinajstić information content (AvgIpc) is 2.71. The lowest BCUT2D eigenvalue weighted by Crippen LogP contribution is -2.44. The number of benzene rings is 1. The molecule has 5 heteroatoms. The number of fused-ring (bicyclic) bond motifs is 1. The number of anilines is 1. The van der Waals surface area contributed by atoms with Crippen LogP contribution in [0.15, 0.2) is 24.3 Å². The maximum absolute atomic E-state index is 13.0. The highest BCUT2D eigenvalue weighted by Crippen LogP contribution is 2.31. The zero-order chi connectivity index (χ0) is 14.0. The Labute approximate surface area is 121 Å². The zero-order valence-electron chi connectivity index (χ0n) is 11.7. The Morgan fingerprint density at radius 2 is 1.85 bits per heavy atom. The van der Waals surface area contributed by atoms with E-state index in [1.165, 1.54) is 5.56 Å². The van der Waals surface area contributed by atoms with Gasteiger partial charge in [-0.25, -0.2) is 8.42 Å². The minimum atomic E-state index is -3.23. The van der Waals surface area contributed by atoms with E-state index in [-0.39, 0.29) is 5.25 Å². The Balaban J connectivity index is 1.96. The summed E-state index contributed by atoms with van der Waals surface area (Å²) >= 11 is 0. The number of hydrogen-bond acceptors (Lipinski definition) is 3. The van der Waals surface area contributed by atoms with Gasteiger partial charge in [-0.1, -0.05) is 18.2 Å². The Bertz CT molecular complexity index is 565. The topological polar surface area (TPSA) is 49.4 Å². The van der Waals surface area contributed by atoms with Crippen molar-refractivity contribution in [3.05, 3.63) is 29.8 Å². The molecule has 2 aliphatic rings. The summed E-state index contributed by atoms with van der Waals surface area (Å²) in [6, 6.07) is 7.96. The van der Waals surface area contributed by atoms with Gasteiger partial charge in [-0.15, -0.1) is 0 Å². The average molecular weight is 294 g/mol. The summed E-state index contributed by atoms with van der Waals surface area (Å²) in [7, 11) is -3.23. The second kappa shape index (κ2) is 5.74. The van der Waals surface area contributed by atoms with Crippen molar-refractivity contribution in [2.24, 2.45) is 0 Å². The van der Waals surface area contributed by atoms with E-state index in [0.717, 1.165) is 50.9 Å². The number of para-hydroxylation sites is 1. The van der Waals surface area contributed by atoms with Crippen LogP contribution in [0.3, 0.4) is 0 Å². The normalized spacial score (nSPS) is 21.3. The van der Waals surface area contributed by atoms with Crippen molar-refractivity contribution in [3.63, 3.8) is 0 Å². The van der Waals surface area contributed by atoms with E-state index in [2.05, 4.69) is 11.4 Å². The highest BCUT2D eigenvalue weighted by atomic mass is 32.2. The zero-order valence-corrected chi connectivity index (χ0v) is 12.5. The number of sulfonamides is 1. The van der Waals surface area contributed by atoms with Crippen molar-refractivity contribution in [1.82, 2.24) is 5.32 Å². The third-order valence-corrected chi connectivity index (χ3v) is 6.64. The minimum absolute atomic E-state index is 0.227. The summed E-state index contributed by atoms with van der Waals surface area (Å²) < 4.78 is 27.6. The van der Waals surface area contributed by atoms with Crippen LogP contribution in [0.4, 0.5) is 5.69 Å². The highest BCUT2D eigenvalue weighted by Gasteiger charge is 2.34. The molecule has 1 fully saturated rings. The highest BCUT2D eigenvalue weighted by molar-refractivity contribution is 7.93. The number of nitrogens with zero attached hydrogens (tertiary/aromatic N) is 1. The maximum Gasteiger partial charge on any atom is 0.238 e. The lowest BCUT2D eigenvalue weighted by molar-refractivity contribution is 0.494. The summed E-state index contributed by atoms with van der Waals surface area (Å²) in [5.74, 6) is 0. The van der Waals surface area contributed by atoms with Gasteiger partial charge in [0.05, 0.1) is 10.9 Å². The van der Waals surface area contributed by atoms with Crippen molar-refractivity contribution in [2.75, 3.05) is 23.9 Å². The molecular formula is C15H22N2O2S. The molecule has 1 N–H and O–H groups in total. The van der Waals surface area contributed by atoms with Crippen LogP contribution >= 0.6 is 0 Å². The molecule has 1 saturated heterocycles. The summed E-state index contributed by atoms with van der Waals surface area (Å²) in [5, 5.41) is 3.01. The van der Waals surface area contributed by atoms with E-state index in [1.54, 1.807) is 4.31 Å². The van der Waals surface area contributed by atoms with E-state index in [1.807, 2.05) is 18.2 Å². The lowest BCUT2D eigenvalue weighted by atomic mass is 10.1. The second-order valence-electron chi connectivity index (χ2n) is 5.65. The third-order valence-electron chi connectivity index (χ3n) is 4.33. The number of rotatable bonds is 2. The van der Waals surface area contributed by atoms with Gasteiger partial charge in [-0.3, -0.25) is 4.31 Å².